The number of hydrogen-bond acceptors (Lipinski definition) is 4. The first-order valence-corrected chi connectivity index (χ1v) is 4.39. The molecule has 15 heavy (non-hydrogen) atoms. The molecule has 0 radical (unpaired) electrons. The molecule has 0 bridgehead atoms. The molecular weight excluding hydrogens is 190 g/mol. The van der Waals surface area contributed by atoms with Crippen LogP contribution in [0.4, 0.5) is 5.69 Å². The SMILES string of the molecule is COc1ccc2ccnc(C#N)c2c1N. The number of methoxy groups -OCH3 is 1. The molecule has 1 aromatic carbocycles. The van der Waals surface area contributed by atoms with Gasteiger partial charge in [-0.1, -0.05) is 6.07 Å². The Hall–Kier alpha value is -2.28. The molecule has 0 aliphatic rings. The number of nitriles is 1. The molecule has 0 saturated heterocycles. The van der Waals surface area contributed by atoms with E-state index in [9.17, 15) is 0 Å². The quantitative estimate of drug-likeness (QED) is 0.709. The van der Waals surface area contributed by atoms with Crippen LogP contribution in [0.1, 0.15) is 5.69 Å². The summed E-state index contributed by atoms with van der Waals surface area (Å²) in [7, 11) is 1.54. The molecule has 0 saturated carbocycles. The van der Waals surface area contributed by atoms with Gasteiger partial charge in [-0.05, 0) is 17.5 Å². The fourth-order valence-electron chi connectivity index (χ4n) is 1.54. The van der Waals surface area contributed by atoms with E-state index in [4.69, 9.17) is 15.7 Å². The van der Waals surface area contributed by atoms with E-state index >= 15 is 0 Å². The van der Waals surface area contributed by atoms with Gasteiger partial charge >= 0.3 is 0 Å². The lowest BCUT2D eigenvalue weighted by atomic mass is 10.1. The third-order valence-electron chi connectivity index (χ3n) is 2.26. The second kappa shape index (κ2) is 3.46. The Bertz CT molecular complexity index is 557. The summed E-state index contributed by atoms with van der Waals surface area (Å²) in [6.45, 7) is 0. The molecule has 0 spiro atoms. The number of nitrogens with two attached hydrogens (primary N) is 1. The molecule has 2 aromatic rings. The molecule has 2 rings (SSSR count). The number of aromatic nitrogens is 1. The van der Waals surface area contributed by atoms with E-state index in [2.05, 4.69) is 4.98 Å². The molecule has 0 unspecified atom stereocenters. The molecule has 0 atom stereocenters. The number of nitrogen functional groups attached to an aromatic ring is 1. The Morgan fingerprint density at radius 3 is 2.87 bits per heavy atom. The number of nitrogens with zero attached hydrogens (tertiary/aromatic N) is 2. The van der Waals surface area contributed by atoms with E-state index in [0.717, 1.165) is 5.39 Å². The van der Waals surface area contributed by atoms with Crippen molar-refractivity contribution in [1.29, 1.82) is 5.26 Å². The molecule has 4 heteroatoms. The van der Waals surface area contributed by atoms with Crippen LogP contribution in [0.5, 0.6) is 5.75 Å². The highest BCUT2D eigenvalue weighted by Gasteiger charge is 2.09. The fraction of sp³-hybridized carbons (Fsp3) is 0.0909. The number of anilines is 1. The molecule has 0 fully saturated rings. The number of benzene rings is 1. The Kier molecular flexibility index (Phi) is 2.14. The van der Waals surface area contributed by atoms with Crippen LogP contribution in [0.3, 0.4) is 0 Å². The van der Waals surface area contributed by atoms with E-state index in [0.29, 0.717) is 22.5 Å². The van der Waals surface area contributed by atoms with E-state index < -0.39 is 0 Å². The predicted molar refractivity (Wildman–Crippen MR) is 57.4 cm³/mol. The number of hydrogen-bond donors (Lipinski definition) is 1. The molecule has 74 valence electrons. The smallest absolute Gasteiger partial charge is 0.150 e. The van der Waals surface area contributed by atoms with Crippen molar-refractivity contribution in [2.75, 3.05) is 12.8 Å². The van der Waals surface area contributed by atoms with Gasteiger partial charge < -0.3 is 10.5 Å². The molecule has 0 aliphatic carbocycles. The average molecular weight is 199 g/mol. The van der Waals surface area contributed by atoms with Gasteiger partial charge in [0.2, 0.25) is 0 Å². The lowest BCUT2D eigenvalue weighted by Gasteiger charge is -2.08. The second-order valence-electron chi connectivity index (χ2n) is 3.05. The highest BCUT2D eigenvalue weighted by atomic mass is 16.5. The number of rotatable bonds is 1. The average Bonchev–Trinajstić information content (AvgIpc) is 2.29. The van der Waals surface area contributed by atoms with E-state index in [1.54, 1.807) is 19.4 Å². The minimum absolute atomic E-state index is 0.323. The van der Waals surface area contributed by atoms with E-state index in [-0.39, 0.29) is 0 Å². The van der Waals surface area contributed by atoms with Crippen molar-refractivity contribution in [3.05, 3.63) is 30.1 Å². The first kappa shape index (κ1) is 9.28. The van der Waals surface area contributed by atoms with Gasteiger partial charge in [0.05, 0.1) is 12.8 Å². The Labute approximate surface area is 86.9 Å². The van der Waals surface area contributed by atoms with Crippen LogP contribution >= 0.6 is 0 Å². The summed E-state index contributed by atoms with van der Waals surface area (Å²) < 4.78 is 5.09. The molecule has 0 aliphatic heterocycles. The van der Waals surface area contributed by atoms with E-state index in [1.165, 1.54) is 0 Å². The number of pyridine rings is 1. The topological polar surface area (TPSA) is 71.9 Å². The Balaban J connectivity index is 2.90. The minimum Gasteiger partial charge on any atom is -0.495 e. The summed E-state index contributed by atoms with van der Waals surface area (Å²) in [6, 6.07) is 7.46. The predicted octanol–water partition coefficient (Wildman–Crippen LogP) is 1.70. The van der Waals surface area contributed by atoms with Crippen LogP contribution in [-0.4, -0.2) is 12.1 Å². The van der Waals surface area contributed by atoms with Crippen LogP contribution in [0.15, 0.2) is 24.4 Å². The van der Waals surface area contributed by atoms with Gasteiger partial charge in [0.1, 0.15) is 17.5 Å². The van der Waals surface area contributed by atoms with Gasteiger partial charge in [-0.15, -0.1) is 0 Å². The standard InChI is InChI=1S/C11H9N3O/c1-15-9-3-2-7-4-5-14-8(6-12)10(7)11(9)13/h2-5H,13H2,1H3. The maximum absolute atomic E-state index is 8.91. The van der Waals surface area contributed by atoms with Crippen LogP contribution in [0.2, 0.25) is 0 Å². The number of fused-ring (bicyclic) bond motifs is 1. The van der Waals surface area contributed by atoms with E-state index in [1.807, 2.05) is 18.2 Å². The molecule has 1 heterocycles. The zero-order valence-corrected chi connectivity index (χ0v) is 8.19. The first-order chi connectivity index (χ1) is 7.27. The second-order valence-corrected chi connectivity index (χ2v) is 3.05. The Morgan fingerprint density at radius 1 is 1.40 bits per heavy atom. The first-order valence-electron chi connectivity index (χ1n) is 4.39. The van der Waals surface area contributed by atoms with Gasteiger partial charge in [0, 0.05) is 11.6 Å². The monoisotopic (exact) mass is 199 g/mol. The fourth-order valence-corrected chi connectivity index (χ4v) is 1.54. The highest BCUT2D eigenvalue weighted by molar-refractivity contribution is 5.98. The van der Waals surface area contributed by atoms with Crippen LogP contribution in [-0.2, 0) is 0 Å². The highest BCUT2D eigenvalue weighted by Crippen LogP contribution is 2.31. The van der Waals surface area contributed by atoms with Gasteiger partial charge in [-0.25, -0.2) is 4.98 Å². The van der Waals surface area contributed by atoms with Crippen LogP contribution in [0, 0.1) is 11.3 Å². The third kappa shape index (κ3) is 1.34. The molecule has 4 nitrogen and oxygen atoms in total. The van der Waals surface area contributed by atoms with Crippen molar-refractivity contribution in [3.8, 4) is 11.8 Å². The Morgan fingerprint density at radius 2 is 2.20 bits per heavy atom. The summed E-state index contributed by atoms with van der Waals surface area (Å²) in [5.74, 6) is 0.562. The van der Waals surface area contributed by atoms with Gasteiger partial charge in [0.25, 0.3) is 0 Å². The minimum atomic E-state index is 0.323. The molecular formula is C11H9N3O. The van der Waals surface area contributed by atoms with Crippen molar-refractivity contribution >= 4 is 16.5 Å². The van der Waals surface area contributed by atoms with Crippen molar-refractivity contribution in [2.45, 2.75) is 0 Å². The lowest BCUT2D eigenvalue weighted by molar-refractivity contribution is 0.417. The zero-order valence-electron chi connectivity index (χ0n) is 8.19. The van der Waals surface area contributed by atoms with Crippen molar-refractivity contribution in [3.63, 3.8) is 0 Å². The summed E-state index contributed by atoms with van der Waals surface area (Å²) in [5, 5.41) is 10.5. The number of ether oxygens (including phenoxy) is 1. The van der Waals surface area contributed by atoms with Crippen LogP contribution in [0.25, 0.3) is 10.8 Å². The van der Waals surface area contributed by atoms with Crippen molar-refractivity contribution in [2.24, 2.45) is 0 Å². The maximum Gasteiger partial charge on any atom is 0.150 e. The van der Waals surface area contributed by atoms with Crippen LogP contribution < -0.4 is 10.5 Å². The molecule has 0 amide bonds. The van der Waals surface area contributed by atoms with Gasteiger partial charge in [-0.2, -0.15) is 5.26 Å². The summed E-state index contributed by atoms with van der Waals surface area (Å²) in [6.07, 6.45) is 1.59. The third-order valence-corrected chi connectivity index (χ3v) is 2.26. The molecule has 2 N–H and O–H groups in total. The summed E-state index contributed by atoms with van der Waals surface area (Å²) in [5.41, 5.74) is 6.67. The largest absolute Gasteiger partial charge is 0.495 e. The van der Waals surface area contributed by atoms with Gasteiger partial charge in [0.15, 0.2) is 0 Å². The zero-order chi connectivity index (χ0) is 10.8. The van der Waals surface area contributed by atoms with Crippen molar-refractivity contribution in [1.82, 2.24) is 4.98 Å². The maximum atomic E-state index is 8.91. The van der Waals surface area contributed by atoms with Gasteiger partial charge in [-0.3, -0.25) is 0 Å². The molecule has 1 aromatic heterocycles. The normalized spacial score (nSPS) is 9.87. The summed E-state index contributed by atoms with van der Waals surface area (Å²) in [4.78, 5) is 3.96. The van der Waals surface area contributed by atoms with Crippen molar-refractivity contribution < 1.29 is 4.74 Å². The lowest BCUT2D eigenvalue weighted by Crippen LogP contribution is -1.96. The summed E-state index contributed by atoms with van der Waals surface area (Å²) >= 11 is 0.